The molecule has 0 aliphatic rings. The van der Waals surface area contributed by atoms with Crippen molar-refractivity contribution in [3.05, 3.63) is 0 Å². The Morgan fingerprint density at radius 1 is 1.33 bits per heavy atom. The van der Waals surface area contributed by atoms with Crippen LogP contribution in [0, 0.1) is 0 Å². The molecule has 0 saturated carbocycles. The quantitative estimate of drug-likeness (QED) is 0.284. The number of rotatable bonds is 0. The average molecular weight is 77.9 g/mol. The summed E-state index contributed by atoms with van der Waals surface area (Å²) < 4.78 is 0. The van der Waals surface area contributed by atoms with E-state index in [4.69, 9.17) is 15.0 Å². The first-order chi connectivity index (χ1) is 1.73. The summed E-state index contributed by atoms with van der Waals surface area (Å²) in [5, 5.41) is 13.9. The fourth-order valence-electron chi connectivity index (χ4n) is 0. The van der Waals surface area contributed by atoms with E-state index in [0.29, 0.717) is 0 Å². The minimum absolute atomic E-state index is 0. The van der Waals surface area contributed by atoms with Crippen LogP contribution in [-0.4, -0.2) is 16.4 Å². The largest absolute Gasteiger partial charge is 1.00 e. The van der Waals surface area contributed by atoms with Crippen LogP contribution in [0.25, 0.3) is 0 Å². The maximum atomic E-state index is 8.56. The van der Waals surface area contributed by atoms with Gasteiger partial charge >= 0.3 is 43.9 Å². The predicted octanol–water partition coefficient (Wildman–Crippen LogP) is -5.54. The van der Waals surface area contributed by atoms with Gasteiger partial charge < -0.3 is 13.1 Å². The summed E-state index contributed by atoms with van der Waals surface area (Å²) in [6.07, 6.45) is -1.83. The number of hydrogen-bond acceptors (Lipinski definition) is 1. The summed E-state index contributed by atoms with van der Waals surface area (Å²) in [5.41, 5.74) is 0. The predicted molar refractivity (Wildman–Crippen MR) is 12.9 cm³/mol. The van der Waals surface area contributed by atoms with Gasteiger partial charge in [-0.1, -0.05) is 0 Å². The Balaban J connectivity index is -0.00000000750. The van der Waals surface area contributed by atoms with Crippen LogP contribution in [0.1, 0.15) is 2.85 Å². The fourth-order valence-corrected chi connectivity index (χ4v) is 0. The molecule has 0 aromatic carbocycles. The summed E-state index contributed by atoms with van der Waals surface area (Å²) >= 11 is 0. The first-order valence-electron chi connectivity index (χ1n) is 0.651. The minimum atomic E-state index is -1.83. The number of hydrogen-bond donors (Lipinski definition) is 2. The van der Waals surface area contributed by atoms with Crippen LogP contribution in [0.5, 0.6) is 0 Å². The molecule has 0 aromatic heterocycles. The SMILES string of the molecule is O=C(O)O.[H-].[H-].[Li+].[Li+]. The van der Waals surface area contributed by atoms with Gasteiger partial charge in [0.25, 0.3) is 0 Å². The molecule has 0 atom stereocenters. The van der Waals surface area contributed by atoms with Crippen molar-refractivity contribution in [2.45, 2.75) is 0 Å². The zero-order valence-corrected chi connectivity index (χ0v) is 3.80. The van der Waals surface area contributed by atoms with Crippen LogP contribution < -0.4 is 37.7 Å². The Hall–Kier alpha value is 0.465. The van der Waals surface area contributed by atoms with Gasteiger partial charge in [0.2, 0.25) is 0 Å². The molecule has 0 spiro atoms. The summed E-state index contributed by atoms with van der Waals surface area (Å²) in [7, 11) is 0. The molecule has 5 heteroatoms. The van der Waals surface area contributed by atoms with Gasteiger partial charge in [0.05, 0.1) is 0 Å². The van der Waals surface area contributed by atoms with Crippen molar-refractivity contribution >= 4 is 6.16 Å². The van der Waals surface area contributed by atoms with Crippen molar-refractivity contribution < 1.29 is 55.6 Å². The third-order valence-corrected chi connectivity index (χ3v) is 0. The van der Waals surface area contributed by atoms with Gasteiger partial charge in [0.15, 0.2) is 0 Å². The molecule has 0 saturated heterocycles. The van der Waals surface area contributed by atoms with Crippen molar-refractivity contribution in [2.75, 3.05) is 0 Å². The van der Waals surface area contributed by atoms with E-state index in [9.17, 15) is 0 Å². The van der Waals surface area contributed by atoms with Gasteiger partial charge in [0.1, 0.15) is 0 Å². The maximum absolute atomic E-state index is 8.56. The van der Waals surface area contributed by atoms with Crippen molar-refractivity contribution in [3.8, 4) is 0 Å². The topological polar surface area (TPSA) is 57.5 Å². The molecule has 3 nitrogen and oxygen atoms in total. The van der Waals surface area contributed by atoms with Crippen LogP contribution in [0.3, 0.4) is 0 Å². The molecule has 28 valence electrons. The number of carboxylic acid groups (broad SMARTS) is 2. The van der Waals surface area contributed by atoms with Crippen molar-refractivity contribution in [1.29, 1.82) is 0 Å². The van der Waals surface area contributed by atoms with Crippen LogP contribution in [-0.2, 0) is 0 Å². The Kier molecular flexibility index (Phi) is 24.3. The zero-order valence-electron chi connectivity index (χ0n) is 5.80. The van der Waals surface area contributed by atoms with Crippen molar-refractivity contribution in [3.63, 3.8) is 0 Å². The first-order valence-corrected chi connectivity index (χ1v) is 0.651. The normalized spacial score (nSPS) is 4.00. The maximum Gasteiger partial charge on any atom is 1.00 e. The molecule has 0 bridgehead atoms. The molecule has 0 aliphatic carbocycles. The van der Waals surface area contributed by atoms with Gasteiger partial charge in [-0.3, -0.25) is 0 Å². The molecule has 0 heterocycles. The van der Waals surface area contributed by atoms with E-state index in [2.05, 4.69) is 0 Å². The van der Waals surface area contributed by atoms with Crippen molar-refractivity contribution in [1.82, 2.24) is 0 Å². The molecule has 6 heavy (non-hydrogen) atoms. The molecular weight excluding hydrogens is 73.9 g/mol. The Morgan fingerprint density at radius 3 is 1.33 bits per heavy atom. The van der Waals surface area contributed by atoms with Crippen LogP contribution in [0.2, 0.25) is 0 Å². The second-order valence-electron chi connectivity index (χ2n) is 0.283. The summed E-state index contributed by atoms with van der Waals surface area (Å²) in [5.74, 6) is 0. The summed E-state index contributed by atoms with van der Waals surface area (Å²) in [4.78, 5) is 8.56. The second-order valence-corrected chi connectivity index (χ2v) is 0.283. The average Bonchev–Trinajstić information content (AvgIpc) is 0.811. The van der Waals surface area contributed by atoms with E-state index in [-0.39, 0.29) is 40.6 Å². The number of carbonyl (C=O) groups is 1. The van der Waals surface area contributed by atoms with Gasteiger partial charge in [-0.15, -0.1) is 0 Å². The Labute approximate surface area is 62.1 Å². The fraction of sp³-hybridized carbons (Fsp3) is 0. The van der Waals surface area contributed by atoms with Crippen LogP contribution in [0.4, 0.5) is 4.79 Å². The van der Waals surface area contributed by atoms with Gasteiger partial charge in [-0.2, -0.15) is 0 Å². The molecule has 0 rings (SSSR count). The Bertz CT molecular complexity index is 38.3. The zero-order chi connectivity index (χ0) is 3.58. The van der Waals surface area contributed by atoms with E-state index in [1.54, 1.807) is 0 Å². The second kappa shape index (κ2) is 9.07. The monoisotopic (exact) mass is 78.0 g/mol. The summed E-state index contributed by atoms with van der Waals surface area (Å²) in [6.45, 7) is 0. The smallest absolute Gasteiger partial charge is 1.00 e. The van der Waals surface area contributed by atoms with E-state index < -0.39 is 6.16 Å². The first kappa shape index (κ1) is 16.1. The van der Waals surface area contributed by atoms with Gasteiger partial charge in [-0.05, 0) is 0 Å². The standard InChI is InChI=1S/CH2O3.2Li.2H/c2-1(3)4;;;;/h(H2,2,3,4);;;;/q;2*+1;2*-1. The van der Waals surface area contributed by atoms with E-state index >= 15 is 0 Å². The third-order valence-electron chi connectivity index (χ3n) is 0. The molecular formula is CH4Li2O3. The molecule has 0 radical (unpaired) electrons. The molecule has 0 aliphatic heterocycles. The Morgan fingerprint density at radius 2 is 1.33 bits per heavy atom. The van der Waals surface area contributed by atoms with Crippen molar-refractivity contribution in [2.24, 2.45) is 0 Å². The van der Waals surface area contributed by atoms with E-state index in [1.165, 1.54) is 0 Å². The van der Waals surface area contributed by atoms with E-state index in [0.717, 1.165) is 0 Å². The minimum Gasteiger partial charge on any atom is -1.00 e. The molecule has 0 fully saturated rings. The molecule has 2 N–H and O–H groups in total. The third kappa shape index (κ3) is 248. The summed E-state index contributed by atoms with van der Waals surface area (Å²) in [6, 6.07) is 0. The molecule has 0 amide bonds. The molecule has 0 aromatic rings. The van der Waals surface area contributed by atoms with Crippen LogP contribution >= 0.6 is 0 Å². The van der Waals surface area contributed by atoms with Gasteiger partial charge in [0, 0.05) is 0 Å². The van der Waals surface area contributed by atoms with Gasteiger partial charge in [-0.25, -0.2) is 4.79 Å². The molecule has 0 unspecified atom stereocenters. The van der Waals surface area contributed by atoms with E-state index in [1.807, 2.05) is 0 Å². The van der Waals surface area contributed by atoms with Crippen LogP contribution in [0.15, 0.2) is 0 Å².